The molecule has 0 atom stereocenters. The van der Waals surface area contributed by atoms with E-state index in [1.54, 1.807) is 10.6 Å². The summed E-state index contributed by atoms with van der Waals surface area (Å²) in [7, 11) is 1.37. The average molecular weight is 233 g/mol. The van der Waals surface area contributed by atoms with Gasteiger partial charge in [-0.15, -0.1) is 11.3 Å². The lowest BCUT2D eigenvalue weighted by molar-refractivity contribution is 0.0606. The minimum atomic E-state index is -0.320. The van der Waals surface area contributed by atoms with Gasteiger partial charge in [-0.3, -0.25) is 0 Å². The minimum absolute atomic E-state index is 0.320. The van der Waals surface area contributed by atoms with Gasteiger partial charge in [0.2, 0.25) is 0 Å². The minimum Gasteiger partial charge on any atom is -0.465 e. The van der Waals surface area contributed by atoms with Crippen LogP contribution in [0.1, 0.15) is 9.67 Å². The molecule has 0 aliphatic carbocycles. The molecule has 0 N–H and O–H groups in total. The van der Waals surface area contributed by atoms with E-state index in [2.05, 4.69) is 14.8 Å². The maximum atomic E-state index is 11.4. The average Bonchev–Trinajstić information content (AvgIpc) is 2.92. The molecule has 6 heteroatoms. The van der Waals surface area contributed by atoms with E-state index in [1.807, 2.05) is 12.3 Å². The van der Waals surface area contributed by atoms with E-state index in [0.717, 1.165) is 15.7 Å². The second-order valence-electron chi connectivity index (χ2n) is 3.22. The first kappa shape index (κ1) is 9.29. The molecule has 0 bridgehead atoms. The molecule has 3 aromatic rings. The summed E-state index contributed by atoms with van der Waals surface area (Å²) in [6.07, 6.45) is 3.31. The quantitative estimate of drug-likeness (QED) is 0.601. The van der Waals surface area contributed by atoms with E-state index >= 15 is 0 Å². The number of carbonyl (C=O) groups excluding carboxylic acids is 1. The first-order valence-electron chi connectivity index (χ1n) is 4.60. The summed E-state index contributed by atoms with van der Waals surface area (Å²) >= 11 is 1.39. The highest BCUT2D eigenvalue weighted by molar-refractivity contribution is 7.20. The first-order chi connectivity index (χ1) is 7.79. The Labute approximate surface area is 94.3 Å². The highest BCUT2D eigenvalue weighted by Gasteiger charge is 2.12. The van der Waals surface area contributed by atoms with Crippen molar-refractivity contribution in [1.82, 2.24) is 14.6 Å². The number of methoxy groups -OCH3 is 1. The highest BCUT2D eigenvalue weighted by Crippen LogP contribution is 2.28. The Balaban J connectivity index is 2.34. The standard InChI is InChI=1S/C10H7N3O2S/c1-15-10(14)8-4-6-7(16-8)2-3-13-9(6)11-5-12-13/h2-5H,1H3. The number of pyridine rings is 1. The van der Waals surface area contributed by atoms with Crippen molar-refractivity contribution >= 4 is 33.0 Å². The molecule has 3 heterocycles. The van der Waals surface area contributed by atoms with Gasteiger partial charge in [0.15, 0.2) is 5.65 Å². The van der Waals surface area contributed by atoms with Crippen LogP contribution in [0.25, 0.3) is 15.7 Å². The number of aromatic nitrogens is 3. The van der Waals surface area contributed by atoms with E-state index in [9.17, 15) is 4.79 Å². The molecule has 0 radical (unpaired) electrons. The summed E-state index contributed by atoms with van der Waals surface area (Å²) in [5.74, 6) is -0.320. The van der Waals surface area contributed by atoms with E-state index in [1.165, 1.54) is 24.8 Å². The molecule has 16 heavy (non-hydrogen) atoms. The van der Waals surface area contributed by atoms with Crippen molar-refractivity contribution in [2.45, 2.75) is 0 Å². The van der Waals surface area contributed by atoms with E-state index in [4.69, 9.17) is 0 Å². The molecule has 0 amide bonds. The molecule has 0 saturated carbocycles. The van der Waals surface area contributed by atoms with E-state index in [-0.39, 0.29) is 5.97 Å². The van der Waals surface area contributed by atoms with Crippen LogP contribution in [0.5, 0.6) is 0 Å². The molecule has 0 saturated heterocycles. The maximum Gasteiger partial charge on any atom is 0.348 e. The summed E-state index contributed by atoms with van der Waals surface area (Å²) < 4.78 is 7.37. The predicted molar refractivity (Wildman–Crippen MR) is 59.7 cm³/mol. The van der Waals surface area contributed by atoms with Crippen LogP contribution >= 0.6 is 11.3 Å². The summed E-state index contributed by atoms with van der Waals surface area (Å²) in [5.41, 5.74) is 0.754. The lowest BCUT2D eigenvalue weighted by atomic mass is 10.3. The Bertz CT molecular complexity index is 686. The second-order valence-corrected chi connectivity index (χ2v) is 4.31. The number of hydrogen-bond donors (Lipinski definition) is 0. The van der Waals surface area contributed by atoms with Crippen molar-refractivity contribution in [2.24, 2.45) is 0 Å². The Morgan fingerprint density at radius 1 is 1.56 bits per heavy atom. The van der Waals surface area contributed by atoms with Gasteiger partial charge in [0, 0.05) is 16.3 Å². The predicted octanol–water partition coefficient (Wildman–Crippen LogP) is 1.73. The van der Waals surface area contributed by atoms with E-state index in [0.29, 0.717) is 4.88 Å². The zero-order valence-electron chi connectivity index (χ0n) is 8.38. The SMILES string of the molecule is COC(=O)c1cc2c(ccn3ncnc23)s1. The van der Waals surface area contributed by atoms with Crippen LogP contribution < -0.4 is 0 Å². The maximum absolute atomic E-state index is 11.4. The molecule has 0 aliphatic rings. The summed E-state index contributed by atoms with van der Waals surface area (Å²) in [5, 5.41) is 4.96. The fourth-order valence-electron chi connectivity index (χ4n) is 1.60. The lowest BCUT2D eigenvalue weighted by Gasteiger charge is -1.91. The molecular formula is C10H7N3O2S. The van der Waals surface area contributed by atoms with Crippen molar-refractivity contribution < 1.29 is 9.53 Å². The molecule has 5 nitrogen and oxygen atoms in total. The smallest absolute Gasteiger partial charge is 0.348 e. The third kappa shape index (κ3) is 1.20. The van der Waals surface area contributed by atoms with Gasteiger partial charge in [-0.2, -0.15) is 5.10 Å². The van der Waals surface area contributed by atoms with Crippen LogP contribution in [0, 0.1) is 0 Å². The van der Waals surface area contributed by atoms with Crippen LogP contribution in [0.4, 0.5) is 0 Å². The Kier molecular flexibility index (Phi) is 1.90. The highest BCUT2D eigenvalue weighted by atomic mass is 32.1. The van der Waals surface area contributed by atoms with Crippen LogP contribution in [-0.2, 0) is 4.74 Å². The van der Waals surface area contributed by atoms with Crippen molar-refractivity contribution in [3.63, 3.8) is 0 Å². The van der Waals surface area contributed by atoms with Gasteiger partial charge in [-0.05, 0) is 12.1 Å². The fourth-order valence-corrected chi connectivity index (χ4v) is 2.56. The Morgan fingerprint density at radius 3 is 3.25 bits per heavy atom. The van der Waals surface area contributed by atoms with Gasteiger partial charge in [-0.25, -0.2) is 14.3 Å². The number of fused-ring (bicyclic) bond motifs is 3. The molecule has 80 valence electrons. The van der Waals surface area contributed by atoms with E-state index < -0.39 is 0 Å². The van der Waals surface area contributed by atoms with Gasteiger partial charge in [0.25, 0.3) is 0 Å². The third-order valence-electron chi connectivity index (χ3n) is 2.33. The summed E-state index contributed by atoms with van der Waals surface area (Å²) in [6, 6.07) is 3.70. The number of carbonyl (C=O) groups is 1. The molecule has 3 aromatic heterocycles. The van der Waals surface area contributed by atoms with Crippen LogP contribution in [-0.4, -0.2) is 27.7 Å². The van der Waals surface area contributed by atoms with Crippen molar-refractivity contribution in [3.05, 3.63) is 29.5 Å². The molecule has 0 spiro atoms. The van der Waals surface area contributed by atoms with Gasteiger partial charge in [-0.1, -0.05) is 0 Å². The van der Waals surface area contributed by atoms with Gasteiger partial charge >= 0.3 is 5.97 Å². The molecule has 0 fully saturated rings. The Morgan fingerprint density at radius 2 is 2.44 bits per heavy atom. The lowest BCUT2D eigenvalue weighted by Crippen LogP contribution is -1.96. The largest absolute Gasteiger partial charge is 0.465 e. The topological polar surface area (TPSA) is 56.5 Å². The van der Waals surface area contributed by atoms with Crippen molar-refractivity contribution in [2.75, 3.05) is 7.11 Å². The molecule has 0 unspecified atom stereocenters. The van der Waals surface area contributed by atoms with Crippen LogP contribution in [0.15, 0.2) is 24.7 Å². The van der Waals surface area contributed by atoms with Crippen molar-refractivity contribution in [3.8, 4) is 0 Å². The van der Waals surface area contributed by atoms with Crippen molar-refractivity contribution in [1.29, 1.82) is 0 Å². The van der Waals surface area contributed by atoms with Gasteiger partial charge < -0.3 is 4.74 Å². The molecule has 0 aromatic carbocycles. The number of thiophene rings is 1. The zero-order chi connectivity index (χ0) is 11.1. The second kappa shape index (κ2) is 3.28. The normalized spacial score (nSPS) is 11.1. The monoisotopic (exact) mass is 233 g/mol. The molecule has 0 aliphatic heterocycles. The number of nitrogens with zero attached hydrogens (tertiary/aromatic N) is 3. The van der Waals surface area contributed by atoms with Crippen LogP contribution in [0.3, 0.4) is 0 Å². The van der Waals surface area contributed by atoms with Gasteiger partial charge in [0.1, 0.15) is 11.2 Å². The Hall–Kier alpha value is -1.95. The number of hydrogen-bond acceptors (Lipinski definition) is 5. The number of rotatable bonds is 1. The summed E-state index contributed by atoms with van der Waals surface area (Å²) in [4.78, 5) is 16.1. The number of ether oxygens (including phenoxy) is 1. The zero-order valence-corrected chi connectivity index (χ0v) is 9.19. The summed E-state index contributed by atoms with van der Waals surface area (Å²) in [6.45, 7) is 0. The third-order valence-corrected chi connectivity index (χ3v) is 3.41. The first-order valence-corrected chi connectivity index (χ1v) is 5.41. The van der Waals surface area contributed by atoms with Gasteiger partial charge in [0.05, 0.1) is 7.11 Å². The fraction of sp³-hybridized carbons (Fsp3) is 0.100. The number of esters is 1. The molecule has 3 rings (SSSR count). The van der Waals surface area contributed by atoms with Crippen LogP contribution in [0.2, 0.25) is 0 Å². The molecular weight excluding hydrogens is 226 g/mol.